The van der Waals surface area contributed by atoms with Crippen molar-refractivity contribution in [2.24, 2.45) is 11.3 Å². The van der Waals surface area contributed by atoms with E-state index in [1.165, 1.54) is 0 Å². The van der Waals surface area contributed by atoms with Crippen molar-refractivity contribution in [1.82, 2.24) is 9.97 Å². The third-order valence-corrected chi connectivity index (χ3v) is 2.79. The molecule has 0 aromatic carbocycles. The summed E-state index contributed by atoms with van der Waals surface area (Å²) in [5.41, 5.74) is 5.77. The average Bonchev–Trinajstić information content (AvgIpc) is 2.10. The molecular formula is C12H21ClN4. The minimum absolute atomic E-state index is 0.125. The molecule has 0 aliphatic carbocycles. The van der Waals surface area contributed by atoms with Gasteiger partial charge in [0.15, 0.2) is 0 Å². The molecule has 0 aliphatic rings. The first-order valence-electron chi connectivity index (χ1n) is 5.76. The lowest BCUT2D eigenvalue weighted by molar-refractivity contribution is 0.280. The van der Waals surface area contributed by atoms with E-state index in [1.807, 2.05) is 0 Å². The smallest absolute Gasteiger partial charge is 0.226 e. The van der Waals surface area contributed by atoms with Crippen LogP contribution in [0, 0.1) is 11.3 Å². The first-order valence-corrected chi connectivity index (χ1v) is 6.14. The van der Waals surface area contributed by atoms with Gasteiger partial charge in [-0.3, -0.25) is 0 Å². The van der Waals surface area contributed by atoms with Gasteiger partial charge in [-0.2, -0.15) is 0 Å². The standard InChI is InChI=1S/C12H21ClN4/c1-7(2)10(12(3,4)5)16-9-6-8(14)15-11(13)17-9/h6-7,10H,1-5H3,(H3,14,15,16,17)/t10-/m1/s1. The van der Waals surface area contributed by atoms with Crippen LogP contribution in [0.25, 0.3) is 0 Å². The molecule has 4 nitrogen and oxygen atoms in total. The molecule has 0 fully saturated rings. The fraction of sp³-hybridized carbons (Fsp3) is 0.667. The van der Waals surface area contributed by atoms with E-state index in [-0.39, 0.29) is 16.7 Å². The summed E-state index contributed by atoms with van der Waals surface area (Å²) in [4.78, 5) is 7.97. The summed E-state index contributed by atoms with van der Waals surface area (Å²) < 4.78 is 0. The van der Waals surface area contributed by atoms with E-state index in [0.717, 1.165) is 0 Å². The molecule has 1 atom stereocenters. The van der Waals surface area contributed by atoms with Gasteiger partial charge in [0.25, 0.3) is 0 Å². The van der Waals surface area contributed by atoms with Crippen LogP contribution in [0.15, 0.2) is 6.07 Å². The molecule has 5 heteroatoms. The van der Waals surface area contributed by atoms with E-state index in [0.29, 0.717) is 17.6 Å². The molecule has 1 rings (SSSR count). The first-order chi connectivity index (χ1) is 7.70. The zero-order chi connectivity index (χ0) is 13.2. The van der Waals surface area contributed by atoms with Crippen LogP contribution >= 0.6 is 11.6 Å². The molecule has 0 radical (unpaired) electrons. The zero-order valence-corrected chi connectivity index (χ0v) is 11.8. The Labute approximate surface area is 108 Å². The number of hydrogen-bond acceptors (Lipinski definition) is 4. The van der Waals surface area contributed by atoms with Crippen molar-refractivity contribution in [2.45, 2.75) is 40.7 Å². The Balaban J connectivity index is 2.94. The fourth-order valence-electron chi connectivity index (χ4n) is 2.05. The predicted molar refractivity (Wildman–Crippen MR) is 73.2 cm³/mol. The van der Waals surface area contributed by atoms with Gasteiger partial charge in [-0.15, -0.1) is 0 Å². The summed E-state index contributed by atoms with van der Waals surface area (Å²) in [7, 11) is 0. The SMILES string of the molecule is CC(C)[C@@H](Nc1cc(N)nc(Cl)n1)C(C)(C)C. The lowest BCUT2D eigenvalue weighted by atomic mass is 9.80. The van der Waals surface area contributed by atoms with Crippen LogP contribution in [-0.2, 0) is 0 Å². The monoisotopic (exact) mass is 256 g/mol. The number of hydrogen-bond donors (Lipinski definition) is 2. The second-order valence-corrected chi connectivity index (χ2v) is 6.02. The quantitative estimate of drug-likeness (QED) is 0.816. The van der Waals surface area contributed by atoms with Crippen molar-refractivity contribution < 1.29 is 0 Å². The van der Waals surface area contributed by atoms with E-state index in [4.69, 9.17) is 17.3 Å². The molecule has 1 aromatic heterocycles. The lowest BCUT2D eigenvalue weighted by Gasteiger charge is -2.35. The van der Waals surface area contributed by atoms with Crippen LogP contribution in [0.5, 0.6) is 0 Å². The number of anilines is 2. The van der Waals surface area contributed by atoms with Crippen LogP contribution < -0.4 is 11.1 Å². The predicted octanol–water partition coefficient (Wildman–Crippen LogP) is 3.19. The topological polar surface area (TPSA) is 63.8 Å². The number of nitrogens with zero attached hydrogens (tertiary/aromatic N) is 2. The van der Waals surface area contributed by atoms with Crippen LogP contribution in [0.2, 0.25) is 5.28 Å². The minimum Gasteiger partial charge on any atom is -0.383 e. The Kier molecular flexibility index (Phi) is 4.20. The molecule has 0 unspecified atom stereocenters. The van der Waals surface area contributed by atoms with E-state index in [9.17, 15) is 0 Å². The number of halogens is 1. The fourth-order valence-corrected chi connectivity index (χ4v) is 2.24. The van der Waals surface area contributed by atoms with Gasteiger partial charge in [0.2, 0.25) is 5.28 Å². The van der Waals surface area contributed by atoms with E-state index < -0.39 is 0 Å². The maximum Gasteiger partial charge on any atom is 0.226 e. The van der Waals surface area contributed by atoms with Crippen LogP contribution in [-0.4, -0.2) is 16.0 Å². The maximum atomic E-state index is 5.79. The number of nitrogens with one attached hydrogen (secondary N) is 1. The van der Waals surface area contributed by atoms with Gasteiger partial charge < -0.3 is 11.1 Å². The Morgan fingerprint density at radius 2 is 1.88 bits per heavy atom. The molecule has 0 bridgehead atoms. The Morgan fingerprint density at radius 1 is 1.29 bits per heavy atom. The van der Waals surface area contributed by atoms with E-state index >= 15 is 0 Å². The molecule has 0 amide bonds. The number of rotatable bonds is 3. The van der Waals surface area contributed by atoms with Crippen molar-refractivity contribution in [2.75, 3.05) is 11.1 Å². The molecular weight excluding hydrogens is 236 g/mol. The molecule has 0 saturated heterocycles. The van der Waals surface area contributed by atoms with Gasteiger partial charge in [0.1, 0.15) is 11.6 Å². The second kappa shape index (κ2) is 5.08. The van der Waals surface area contributed by atoms with Crippen molar-refractivity contribution in [3.8, 4) is 0 Å². The highest BCUT2D eigenvalue weighted by Gasteiger charge is 2.27. The summed E-state index contributed by atoms with van der Waals surface area (Å²) in [6.45, 7) is 10.9. The number of aromatic nitrogens is 2. The molecule has 0 aliphatic heterocycles. The van der Waals surface area contributed by atoms with Crippen molar-refractivity contribution in [3.63, 3.8) is 0 Å². The normalized spacial score (nSPS) is 13.8. The van der Waals surface area contributed by atoms with Crippen LogP contribution in [0.4, 0.5) is 11.6 Å². The largest absolute Gasteiger partial charge is 0.383 e. The third kappa shape index (κ3) is 4.04. The lowest BCUT2D eigenvalue weighted by Crippen LogP contribution is -2.38. The van der Waals surface area contributed by atoms with Gasteiger partial charge >= 0.3 is 0 Å². The van der Waals surface area contributed by atoms with Gasteiger partial charge in [-0.05, 0) is 22.9 Å². The highest BCUT2D eigenvalue weighted by Crippen LogP contribution is 2.28. The third-order valence-electron chi connectivity index (χ3n) is 2.62. The molecule has 1 aromatic rings. The average molecular weight is 257 g/mol. The Hall–Kier alpha value is -1.03. The number of nitrogen functional groups attached to an aromatic ring is 1. The maximum absolute atomic E-state index is 5.79. The van der Waals surface area contributed by atoms with Gasteiger partial charge in [-0.1, -0.05) is 34.6 Å². The highest BCUT2D eigenvalue weighted by molar-refractivity contribution is 6.28. The molecule has 0 spiro atoms. The minimum atomic E-state index is 0.125. The summed E-state index contributed by atoms with van der Waals surface area (Å²) in [6.07, 6.45) is 0. The van der Waals surface area contributed by atoms with E-state index in [1.54, 1.807) is 6.07 Å². The summed E-state index contributed by atoms with van der Waals surface area (Å²) >= 11 is 5.79. The van der Waals surface area contributed by atoms with E-state index in [2.05, 4.69) is 49.9 Å². The number of nitrogens with two attached hydrogens (primary N) is 1. The van der Waals surface area contributed by atoms with Crippen molar-refractivity contribution >= 4 is 23.2 Å². The first kappa shape index (κ1) is 14.0. The van der Waals surface area contributed by atoms with Crippen LogP contribution in [0.1, 0.15) is 34.6 Å². The van der Waals surface area contributed by atoms with Gasteiger partial charge in [-0.25, -0.2) is 9.97 Å². The van der Waals surface area contributed by atoms with Crippen LogP contribution in [0.3, 0.4) is 0 Å². The van der Waals surface area contributed by atoms with Gasteiger partial charge in [0.05, 0.1) is 0 Å². The summed E-state index contributed by atoms with van der Waals surface area (Å²) in [5.74, 6) is 1.53. The summed E-state index contributed by atoms with van der Waals surface area (Å²) in [5, 5.41) is 3.55. The molecule has 3 N–H and O–H groups in total. The van der Waals surface area contributed by atoms with Crippen molar-refractivity contribution in [3.05, 3.63) is 11.3 Å². The second-order valence-electron chi connectivity index (χ2n) is 5.68. The Bertz CT molecular complexity index is 364. The van der Waals surface area contributed by atoms with Gasteiger partial charge in [0, 0.05) is 12.1 Å². The van der Waals surface area contributed by atoms with Crippen molar-refractivity contribution in [1.29, 1.82) is 0 Å². The molecule has 17 heavy (non-hydrogen) atoms. The molecule has 1 heterocycles. The summed E-state index contributed by atoms with van der Waals surface area (Å²) in [6, 6.07) is 1.99. The molecule has 0 saturated carbocycles. The zero-order valence-electron chi connectivity index (χ0n) is 11.1. The molecule has 96 valence electrons. The highest BCUT2D eigenvalue weighted by atomic mass is 35.5. The Morgan fingerprint density at radius 3 is 2.29 bits per heavy atom.